The van der Waals surface area contributed by atoms with Gasteiger partial charge in [0.15, 0.2) is 5.78 Å². The normalized spacial score (nSPS) is 16.2. The van der Waals surface area contributed by atoms with Gasteiger partial charge in [-0.1, -0.05) is 23.2 Å². The number of ether oxygens (including phenoxy) is 1. The molecule has 0 saturated carbocycles. The summed E-state index contributed by atoms with van der Waals surface area (Å²) in [7, 11) is 0. The minimum absolute atomic E-state index is 0.000895. The number of carbonyl (C=O) groups is 2. The molecule has 162 valence electrons. The number of nitrogens with zero attached hydrogens (tertiary/aromatic N) is 4. The van der Waals surface area contributed by atoms with Crippen molar-refractivity contribution in [3.05, 3.63) is 47.0 Å². The summed E-state index contributed by atoms with van der Waals surface area (Å²) in [6.45, 7) is 0.523. The number of benzene rings is 1. The molecule has 3 heterocycles. The molecule has 31 heavy (non-hydrogen) atoms. The first-order valence-electron chi connectivity index (χ1n) is 9.81. The van der Waals surface area contributed by atoms with Crippen molar-refractivity contribution in [1.82, 2.24) is 14.5 Å². The van der Waals surface area contributed by atoms with Gasteiger partial charge < -0.3 is 19.3 Å². The van der Waals surface area contributed by atoms with E-state index in [2.05, 4.69) is 4.98 Å². The van der Waals surface area contributed by atoms with Crippen molar-refractivity contribution in [2.75, 3.05) is 24.7 Å². The number of anilines is 1. The number of carbonyl (C=O) groups excluding carboxylic acids is 1. The molecule has 0 aliphatic carbocycles. The van der Waals surface area contributed by atoms with Crippen LogP contribution in [0, 0.1) is 0 Å². The second kappa shape index (κ2) is 9.21. The first-order chi connectivity index (χ1) is 15.0. The molecule has 3 aromatic rings. The molecule has 8 nitrogen and oxygen atoms in total. The van der Waals surface area contributed by atoms with Crippen LogP contribution >= 0.6 is 23.2 Å². The van der Waals surface area contributed by atoms with E-state index in [-0.39, 0.29) is 25.4 Å². The van der Waals surface area contributed by atoms with Gasteiger partial charge in [-0.15, -0.1) is 0 Å². The zero-order chi connectivity index (χ0) is 22.0. The number of pyridine rings is 1. The number of aliphatic carboxylic acids is 1. The predicted molar refractivity (Wildman–Crippen MR) is 117 cm³/mol. The van der Waals surface area contributed by atoms with Crippen LogP contribution in [-0.2, 0) is 14.3 Å². The van der Waals surface area contributed by atoms with Gasteiger partial charge in [0, 0.05) is 30.4 Å². The van der Waals surface area contributed by atoms with Gasteiger partial charge in [0.1, 0.15) is 12.4 Å². The number of Topliss-reactive ketones (excluding diaryl/α,β-unsaturated/α-hetero) is 1. The third-order valence-corrected chi connectivity index (χ3v) is 6.04. The summed E-state index contributed by atoms with van der Waals surface area (Å²) in [5, 5.41) is 10.3. The van der Waals surface area contributed by atoms with Crippen molar-refractivity contribution in [2.24, 2.45) is 0 Å². The van der Waals surface area contributed by atoms with E-state index in [1.54, 1.807) is 18.6 Å². The Morgan fingerprint density at radius 1 is 1.29 bits per heavy atom. The molecule has 0 spiro atoms. The van der Waals surface area contributed by atoms with Crippen LogP contribution in [0.25, 0.3) is 16.6 Å². The van der Waals surface area contributed by atoms with E-state index in [9.17, 15) is 9.59 Å². The van der Waals surface area contributed by atoms with Gasteiger partial charge in [-0.2, -0.15) is 0 Å². The summed E-state index contributed by atoms with van der Waals surface area (Å²) in [6.07, 6.45) is 6.55. The van der Waals surface area contributed by atoms with Crippen molar-refractivity contribution in [3.8, 4) is 5.69 Å². The summed E-state index contributed by atoms with van der Waals surface area (Å²) in [6, 6.07) is 5.09. The van der Waals surface area contributed by atoms with Crippen molar-refractivity contribution in [1.29, 1.82) is 0 Å². The maximum atomic E-state index is 12.8. The molecule has 0 amide bonds. The molecule has 1 fully saturated rings. The fraction of sp³-hybridized carbons (Fsp3) is 0.333. The minimum atomic E-state index is -0.960. The fourth-order valence-electron chi connectivity index (χ4n) is 3.77. The summed E-state index contributed by atoms with van der Waals surface area (Å²) >= 11 is 12.7. The third-order valence-electron chi connectivity index (χ3n) is 5.24. The average Bonchev–Trinajstić information content (AvgIpc) is 3.45. The third kappa shape index (κ3) is 4.51. The van der Waals surface area contributed by atoms with Crippen molar-refractivity contribution >= 4 is 51.7 Å². The molecule has 2 aromatic heterocycles. The quantitative estimate of drug-likeness (QED) is 0.508. The lowest BCUT2D eigenvalue weighted by Crippen LogP contribution is -2.38. The summed E-state index contributed by atoms with van der Waals surface area (Å²) in [4.78, 5) is 34.2. The standard InChI is InChI=1S/C21H20Cl2N4O4/c22-14-4-3-13-16(26-8-6-24-12-26)10-18(25-21(13)20(14)23)27-7-1-2-15(27)17(28)11-31-9-5-19(29)30/h3-4,6,8,10,12,15H,1-2,5,7,9,11H2,(H,29,30)/t15-/m0/s1. The minimum Gasteiger partial charge on any atom is -0.481 e. The number of carboxylic acids is 1. The molecular formula is C21H20Cl2N4O4. The zero-order valence-corrected chi connectivity index (χ0v) is 18.0. The fourth-order valence-corrected chi connectivity index (χ4v) is 4.13. The van der Waals surface area contributed by atoms with Gasteiger partial charge in [-0.3, -0.25) is 9.59 Å². The number of ketones is 1. The number of carboxylic acid groups (broad SMARTS) is 1. The van der Waals surface area contributed by atoms with Crippen LogP contribution in [0.5, 0.6) is 0 Å². The van der Waals surface area contributed by atoms with Gasteiger partial charge in [0.25, 0.3) is 0 Å². The van der Waals surface area contributed by atoms with E-state index in [1.165, 1.54) is 0 Å². The highest BCUT2D eigenvalue weighted by Gasteiger charge is 2.32. The number of aromatic nitrogens is 3. The molecule has 1 atom stereocenters. The Hall–Kier alpha value is -2.68. The van der Waals surface area contributed by atoms with Crippen molar-refractivity contribution in [2.45, 2.75) is 25.3 Å². The Morgan fingerprint density at radius 2 is 2.13 bits per heavy atom. The zero-order valence-electron chi connectivity index (χ0n) is 16.5. The van der Waals surface area contributed by atoms with Gasteiger partial charge in [0.2, 0.25) is 0 Å². The maximum absolute atomic E-state index is 12.8. The van der Waals surface area contributed by atoms with Crippen LogP contribution in [0.3, 0.4) is 0 Å². The largest absolute Gasteiger partial charge is 0.481 e. The molecule has 1 saturated heterocycles. The first kappa shape index (κ1) is 21.5. The Morgan fingerprint density at radius 3 is 2.87 bits per heavy atom. The monoisotopic (exact) mass is 462 g/mol. The van der Waals surface area contributed by atoms with Crippen molar-refractivity contribution in [3.63, 3.8) is 0 Å². The highest BCUT2D eigenvalue weighted by atomic mass is 35.5. The second-order valence-electron chi connectivity index (χ2n) is 7.24. The number of hydrogen-bond acceptors (Lipinski definition) is 6. The summed E-state index contributed by atoms with van der Waals surface area (Å²) < 4.78 is 7.12. The average molecular weight is 463 g/mol. The van der Waals surface area contributed by atoms with Crippen LogP contribution in [0.1, 0.15) is 19.3 Å². The van der Waals surface area contributed by atoms with Crippen LogP contribution in [-0.4, -0.2) is 57.2 Å². The van der Waals surface area contributed by atoms with E-state index in [0.29, 0.717) is 34.3 Å². The van der Waals surface area contributed by atoms with Crippen LogP contribution in [0.15, 0.2) is 36.9 Å². The smallest absolute Gasteiger partial charge is 0.305 e. The SMILES string of the molecule is O=C(O)CCOCC(=O)[C@@H]1CCCN1c1cc(-n2ccnc2)c2ccc(Cl)c(Cl)c2n1. The molecule has 1 aliphatic rings. The Labute approximate surface area is 188 Å². The van der Waals surface area contributed by atoms with E-state index >= 15 is 0 Å². The van der Waals surface area contributed by atoms with Crippen molar-refractivity contribution < 1.29 is 19.4 Å². The molecule has 1 aromatic carbocycles. The maximum Gasteiger partial charge on any atom is 0.305 e. The molecule has 10 heteroatoms. The van der Waals surface area contributed by atoms with E-state index in [0.717, 1.165) is 17.5 Å². The lowest BCUT2D eigenvalue weighted by atomic mass is 10.1. The molecular weight excluding hydrogens is 443 g/mol. The van der Waals surface area contributed by atoms with Gasteiger partial charge in [-0.05, 0) is 25.0 Å². The lowest BCUT2D eigenvalue weighted by molar-refractivity contribution is -0.139. The Bertz CT molecular complexity index is 1120. The van der Waals surface area contributed by atoms with Gasteiger partial charge in [0.05, 0.1) is 46.6 Å². The molecule has 4 rings (SSSR count). The second-order valence-corrected chi connectivity index (χ2v) is 8.03. The lowest BCUT2D eigenvalue weighted by Gasteiger charge is -2.26. The number of fused-ring (bicyclic) bond motifs is 1. The topological polar surface area (TPSA) is 97.6 Å². The van der Waals surface area contributed by atoms with E-state index < -0.39 is 12.0 Å². The number of halogens is 2. The predicted octanol–water partition coefficient (Wildman–Crippen LogP) is 3.76. The van der Waals surface area contributed by atoms with Gasteiger partial charge in [-0.25, -0.2) is 9.97 Å². The molecule has 1 aliphatic heterocycles. The molecule has 0 radical (unpaired) electrons. The summed E-state index contributed by atoms with van der Waals surface area (Å²) in [5.41, 5.74) is 1.37. The van der Waals surface area contributed by atoms with E-state index in [4.69, 9.17) is 38.0 Å². The Balaban J connectivity index is 1.67. The van der Waals surface area contributed by atoms with E-state index in [1.807, 2.05) is 27.8 Å². The highest BCUT2D eigenvalue weighted by molar-refractivity contribution is 6.45. The number of hydrogen-bond donors (Lipinski definition) is 1. The molecule has 1 N–H and O–H groups in total. The molecule has 0 unspecified atom stereocenters. The molecule has 0 bridgehead atoms. The van der Waals surface area contributed by atoms with Crippen LogP contribution in [0.4, 0.5) is 5.82 Å². The van der Waals surface area contributed by atoms with Crippen LogP contribution in [0.2, 0.25) is 10.0 Å². The number of rotatable bonds is 8. The summed E-state index contributed by atoms with van der Waals surface area (Å²) in [5.74, 6) is -0.453. The highest BCUT2D eigenvalue weighted by Crippen LogP contribution is 2.36. The first-order valence-corrected chi connectivity index (χ1v) is 10.6. The van der Waals surface area contributed by atoms with Crippen LogP contribution < -0.4 is 4.90 Å². The van der Waals surface area contributed by atoms with Gasteiger partial charge >= 0.3 is 5.97 Å². The Kier molecular flexibility index (Phi) is 6.41. The number of imidazole rings is 1.